The van der Waals surface area contributed by atoms with Crippen LogP contribution in [0.25, 0.3) is 0 Å². The van der Waals surface area contributed by atoms with Crippen molar-refractivity contribution in [2.75, 3.05) is 51.1 Å². The molecule has 1 N–H and O–H groups in total. The lowest BCUT2D eigenvalue weighted by Gasteiger charge is -2.17. The zero-order chi connectivity index (χ0) is 63.3. The minimum atomic E-state index is -1.49. The maximum Gasteiger partial charge on any atom is 0.343 e. The van der Waals surface area contributed by atoms with E-state index in [-0.39, 0.29) is 64.0 Å². The van der Waals surface area contributed by atoms with Gasteiger partial charge in [-0.1, -0.05) is 25.0 Å². The van der Waals surface area contributed by atoms with Crippen molar-refractivity contribution in [3.8, 4) is 46.0 Å². The van der Waals surface area contributed by atoms with E-state index in [1.54, 1.807) is 97.1 Å². The SMILES string of the molecule is C=CCCCCOc1ccc(C(=O)Oc2ccc(OC(=O)c3ccc(OCCCCCCS)cc3)cc2C(=O)OCCCCCCOC(=O)c2cc(OC(=O)c3ccc(OCCCCCS)cc3)ccc2OC(O)c2ccc(OCCCCC=C)cc2)cc1. The van der Waals surface area contributed by atoms with Gasteiger partial charge in [-0.2, -0.15) is 25.3 Å². The van der Waals surface area contributed by atoms with Gasteiger partial charge in [-0.25, -0.2) is 24.0 Å². The monoisotopic (exact) mass is 1250 g/mol. The predicted molar refractivity (Wildman–Crippen MR) is 348 cm³/mol. The van der Waals surface area contributed by atoms with Gasteiger partial charge in [0.15, 0.2) is 0 Å². The van der Waals surface area contributed by atoms with Gasteiger partial charge < -0.3 is 52.5 Å². The molecule has 0 saturated heterocycles. The molecule has 6 rings (SSSR count). The molecule has 0 aliphatic heterocycles. The van der Waals surface area contributed by atoms with E-state index in [2.05, 4.69) is 38.4 Å². The van der Waals surface area contributed by atoms with Crippen molar-refractivity contribution in [2.24, 2.45) is 0 Å². The maximum atomic E-state index is 13.8. The number of esters is 5. The molecule has 16 nitrogen and oxygen atoms in total. The number of carbonyl (C=O) groups excluding carboxylic acids is 5. The Morgan fingerprint density at radius 2 is 0.697 bits per heavy atom. The van der Waals surface area contributed by atoms with Crippen molar-refractivity contribution >= 4 is 55.1 Å². The van der Waals surface area contributed by atoms with E-state index in [0.29, 0.717) is 80.7 Å². The molecule has 0 radical (unpaired) electrons. The number of hydrogen-bond acceptors (Lipinski definition) is 18. The molecule has 0 saturated carbocycles. The van der Waals surface area contributed by atoms with Crippen molar-refractivity contribution in [1.29, 1.82) is 0 Å². The summed E-state index contributed by atoms with van der Waals surface area (Å²) in [6, 6.07) is 34.5. The average Bonchev–Trinajstić information content (AvgIpc) is 3.74. The second-order valence-corrected chi connectivity index (χ2v) is 21.6. The maximum absolute atomic E-state index is 13.8. The van der Waals surface area contributed by atoms with Crippen molar-refractivity contribution < 1.29 is 76.4 Å². The molecular formula is C71H82O16S2. The zero-order valence-electron chi connectivity index (χ0n) is 50.5. The van der Waals surface area contributed by atoms with Crippen molar-refractivity contribution in [1.82, 2.24) is 0 Å². The predicted octanol–water partition coefficient (Wildman–Crippen LogP) is 15.8. The largest absolute Gasteiger partial charge is 0.494 e. The fourth-order valence-electron chi connectivity index (χ4n) is 8.67. The molecule has 0 bridgehead atoms. The summed E-state index contributed by atoms with van der Waals surface area (Å²) < 4.78 is 57.7. The van der Waals surface area contributed by atoms with E-state index in [1.165, 1.54) is 36.4 Å². The molecule has 89 heavy (non-hydrogen) atoms. The van der Waals surface area contributed by atoms with Crippen LogP contribution < -0.4 is 37.9 Å². The molecule has 0 amide bonds. The molecule has 0 fully saturated rings. The number of unbranched alkanes of at least 4 members (excludes halogenated alkanes) is 12. The fourth-order valence-corrected chi connectivity index (χ4v) is 9.12. The fraction of sp³-hybridized carbons (Fsp3) is 0.366. The van der Waals surface area contributed by atoms with E-state index in [1.807, 2.05) is 12.2 Å². The van der Waals surface area contributed by atoms with Crippen molar-refractivity contribution in [3.05, 3.63) is 192 Å². The number of benzene rings is 6. The first-order valence-electron chi connectivity index (χ1n) is 30.5. The molecular weight excluding hydrogens is 1170 g/mol. The molecule has 0 aliphatic carbocycles. The Morgan fingerprint density at radius 1 is 0.371 bits per heavy atom. The van der Waals surface area contributed by atoms with Crippen LogP contribution in [0.1, 0.15) is 173 Å². The molecule has 6 aromatic rings. The zero-order valence-corrected chi connectivity index (χ0v) is 52.3. The molecule has 0 heterocycles. The summed E-state index contributed by atoms with van der Waals surface area (Å²) in [6.45, 7) is 9.57. The Balaban J connectivity index is 1.05. The summed E-state index contributed by atoms with van der Waals surface area (Å²) in [6.07, 6.45) is 16.6. The molecule has 6 aromatic carbocycles. The van der Waals surface area contributed by atoms with Crippen LogP contribution in [-0.4, -0.2) is 86.1 Å². The average molecular weight is 1260 g/mol. The van der Waals surface area contributed by atoms with Crippen LogP contribution in [0.5, 0.6) is 46.0 Å². The van der Waals surface area contributed by atoms with Crippen LogP contribution >= 0.6 is 25.3 Å². The van der Waals surface area contributed by atoms with Crippen LogP contribution in [-0.2, 0) is 9.47 Å². The lowest BCUT2D eigenvalue weighted by atomic mass is 10.1. The first kappa shape index (κ1) is 69.9. The second kappa shape index (κ2) is 40.4. The Bertz CT molecular complexity index is 3130. The van der Waals surface area contributed by atoms with Gasteiger partial charge >= 0.3 is 29.8 Å². The van der Waals surface area contributed by atoms with E-state index in [0.717, 1.165) is 95.0 Å². The third-order valence-electron chi connectivity index (χ3n) is 13.7. The van der Waals surface area contributed by atoms with Crippen LogP contribution in [0.4, 0.5) is 0 Å². The lowest BCUT2D eigenvalue weighted by Crippen LogP contribution is -2.15. The Morgan fingerprint density at radius 3 is 1.10 bits per heavy atom. The molecule has 1 atom stereocenters. The highest BCUT2D eigenvalue weighted by Crippen LogP contribution is 2.32. The summed E-state index contributed by atoms with van der Waals surface area (Å²) in [7, 11) is 0. The highest BCUT2D eigenvalue weighted by Gasteiger charge is 2.23. The van der Waals surface area contributed by atoms with Gasteiger partial charge in [0.05, 0.1) is 56.3 Å². The first-order valence-corrected chi connectivity index (χ1v) is 31.7. The summed E-state index contributed by atoms with van der Waals surface area (Å²) in [4.78, 5) is 67.7. The summed E-state index contributed by atoms with van der Waals surface area (Å²) in [5.74, 6) is 0.287. The number of hydrogen-bond donors (Lipinski definition) is 3. The molecule has 18 heteroatoms. The molecule has 474 valence electrons. The Kier molecular flexibility index (Phi) is 31.7. The van der Waals surface area contributed by atoms with Gasteiger partial charge in [0, 0.05) is 5.56 Å². The van der Waals surface area contributed by atoms with Crippen LogP contribution in [0, 0.1) is 0 Å². The minimum Gasteiger partial charge on any atom is -0.494 e. The van der Waals surface area contributed by atoms with Gasteiger partial charge in [-0.15, -0.1) is 13.2 Å². The molecule has 0 aromatic heterocycles. The summed E-state index contributed by atoms with van der Waals surface area (Å²) >= 11 is 8.50. The highest BCUT2D eigenvalue weighted by molar-refractivity contribution is 7.80. The third-order valence-corrected chi connectivity index (χ3v) is 14.3. The van der Waals surface area contributed by atoms with Gasteiger partial charge in [-0.05, 0) is 241 Å². The Hall–Kier alpha value is -8.19. The lowest BCUT2D eigenvalue weighted by molar-refractivity contribution is -0.0205. The summed E-state index contributed by atoms with van der Waals surface area (Å²) in [5, 5.41) is 11.2. The number of aliphatic hydroxyl groups is 1. The summed E-state index contributed by atoms with van der Waals surface area (Å²) in [5.41, 5.74) is 0.856. The molecule has 0 aliphatic rings. The molecule has 0 spiro atoms. The number of aliphatic hydroxyl groups excluding tert-OH is 1. The quantitative estimate of drug-likeness (QED) is 0.00815. The topological polar surface area (TPSA) is 198 Å². The highest BCUT2D eigenvalue weighted by atomic mass is 32.1. The second-order valence-electron chi connectivity index (χ2n) is 20.7. The number of rotatable bonds is 43. The van der Waals surface area contributed by atoms with Crippen LogP contribution in [0.15, 0.2) is 159 Å². The number of allylic oxidation sites excluding steroid dienone is 2. The Labute approximate surface area is 533 Å². The van der Waals surface area contributed by atoms with E-state index < -0.39 is 36.1 Å². The third kappa shape index (κ3) is 25.4. The van der Waals surface area contributed by atoms with Crippen LogP contribution in [0.2, 0.25) is 0 Å². The van der Waals surface area contributed by atoms with Crippen LogP contribution in [0.3, 0.4) is 0 Å². The van der Waals surface area contributed by atoms with Gasteiger partial charge in [0.2, 0.25) is 6.29 Å². The van der Waals surface area contributed by atoms with Gasteiger partial charge in [0.1, 0.15) is 57.1 Å². The minimum absolute atomic E-state index is 0.00940. The normalized spacial score (nSPS) is 11.1. The van der Waals surface area contributed by atoms with E-state index >= 15 is 0 Å². The number of thiol groups is 2. The van der Waals surface area contributed by atoms with E-state index in [4.69, 9.17) is 47.4 Å². The van der Waals surface area contributed by atoms with Gasteiger partial charge in [0.25, 0.3) is 0 Å². The number of ether oxygens (including phenoxy) is 10. The van der Waals surface area contributed by atoms with Crippen molar-refractivity contribution in [3.63, 3.8) is 0 Å². The number of carbonyl (C=O) groups is 5. The molecule has 1 unspecified atom stereocenters. The standard InChI is InChI=1S/C71H82O16S2/c1-3-5-7-14-42-78-58-34-26-54(27-35-58)68(74)86-64-40-38-60(84-66(72)52-22-30-56(31-23-52)80-44-16-11-12-20-48-88)50-62(64)70(76)82-46-17-9-10-18-47-83-71(77)63-51-61(85-67(73)53-24-32-57(33-25-53)81-45-19-13-21-49-89)39-41-65(63)87-69(75)55-28-36-59(37-29-55)79-43-15-8-6-4-2/h3-4,22-41,50-51,69,75,88-89H,1-2,5-21,42-49H2. The van der Waals surface area contributed by atoms with Crippen molar-refractivity contribution in [2.45, 2.75) is 115 Å². The smallest absolute Gasteiger partial charge is 0.343 e. The van der Waals surface area contributed by atoms with Gasteiger partial charge in [-0.3, -0.25) is 0 Å². The van der Waals surface area contributed by atoms with E-state index in [9.17, 15) is 29.1 Å². The first-order chi connectivity index (χ1) is 43.5.